The molecule has 1 rings (SSSR count). The third kappa shape index (κ3) is 3.21. The molecule has 0 saturated heterocycles. The molecule has 0 unspecified atom stereocenters. The quantitative estimate of drug-likeness (QED) is 0.854. The Morgan fingerprint density at radius 2 is 1.75 bits per heavy atom. The van der Waals surface area contributed by atoms with Gasteiger partial charge in [0, 0.05) is 4.47 Å². The smallest absolute Gasteiger partial charge is 0.371 e. The summed E-state index contributed by atoms with van der Waals surface area (Å²) < 4.78 is 26.1. The van der Waals surface area contributed by atoms with Crippen LogP contribution in [0, 0.1) is 0 Å². The second-order valence-electron chi connectivity index (χ2n) is 2.03. The fourth-order valence-corrected chi connectivity index (χ4v) is 1.27. The molecular formula is C6H6BrNO3S. The topological polar surface area (TPSA) is 69.4 Å². The highest BCUT2D eigenvalue weighted by molar-refractivity contribution is 9.10. The Morgan fingerprint density at radius 1 is 1.25 bits per heavy atom. The number of rotatable bonds is 2. The molecule has 0 radical (unpaired) electrons. The van der Waals surface area contributed by atoms with E-state index < -0.39 is 10.3 Å². The molecule has 0 aromatic heterocycles. The van der Waals surface area contributed by atoms with Crippen LogP contribution in [0.25, 0.3) is 0 Å². The number of hydrogen-bond donors (Lipinski definition) is 1. The minimum absolute atomic E-state index is 0.195. The second-order valence-corrected chi connectivity index (χ2v) is 4.10. The number of nitrogens with two attached hydrogens (primary N) is 1. The molecule has 12 heavy (non-hydrogen) atoms. The molecular weight excluding hydrogens is 246 g/mol. The molecule has 0 fully saturated rings. The molecule has 0 aliphatic rings. The lowest BCUT2D eigenvalue weighted by atomic mass is 10.3. The van der Waals surface area contributed by atoms with Gasteiger partial charge in [0.2, 0.25) is 0 Å². The van der Waals surface area contributed by atoms with Gasteiger partial charge < -0.3 is 4.18 Å². The van der Waals surface area contributed by atoms with E-state index in [2.05, 4.69) is 25.3 Å². The highest BCUT2D eigenvalue weighted by atomic mass is 79.9. The first-order valence-corrected chi connectivity index (χ1v) is 5.21. The van der Waals surface area contributed by atoms with Crippen molar-refractivity contribution >= 4 is 26.2 Å². The predicted molar refractivity (Wildman–Crippen MR) is 47.9 cm³/mol. The molecule has 1 aromatic rings. The maximum Gasteiger partial charge on any atom is 0.380 e. The van der Waals surface area contributed by atoms with Crippen molar-refractivity contribution in [2.45, 2.75) is 0 Å². The molecule has 66 valence electrons. The monoisotopic (exact) mass is 251 g/mol. The van der Waals surface area contributed by atoms with Crippen molar-refractivity contribution in [3.8, 4) is 5.75 Å². The number of benzene rings is 1. The minimum atomic E-state index is -3.91. The molecule has 6 heteroatoms. The van der Waals surface area contributed by atoms with E-state index in [1.165, 1.54) is 12.1 Å². The third-order valence-corrected chi connectivity index (χ3v) is 1.98. The summed E-state index contributed by atoms with van der Waals surface area (Å²) in [6.45, 7) is 0. The molecule has 1 aromatic carbocycles. The van der Waals surface area contributed by atoms with Crippen molar-refractivity contribution in [1.29, 1.82) is 0 Å². The average molecular weight is 252 g/mol. The molecule has 2 N–H and O–H groups in total. The molecule has 4 nitrogen and oxygen atoms in total. The van der Waals surface area contributed by atoms with E-state index in [9.17, 15) is 8.42 Å². The zero-order valence-corrected chi connectivity index (χ0v) is 8.30. The lowest BCUT2D eigenvalue weighted by Crippen LogP contribution is -2.18. The van der Waals surface area contributed by atoms with Crippen LogP contribution < -0.4 is 9.32 Å². The van der Waals surface area contributed by atoms with Gasteiger partial charge in [-0.15, -0.1) is 0 Å². The summed E-state index contributed by atoms with van der Waals surface area (Å²) in [7, 11) is -3.91. The zero-order valence-electron chi connectivity index (χ0n) is 5.90. The highest BCUT2D eigenvalue weighted by Crippen LogP contribution is 2.16. The van der Waals surface area contributed by atoms with Gasteiger partial charge in [-0.2, -0.15) is 13.6 Å². The molecule has 0 bridgehead atoms. The standard InChI is InChI=1S/C6H6BrNO3S/c7-5-1-3-6(4-2-5)11-12(8,9)10/h1-4H,(H2,8,9,10). The van der Waals surface area contributed by atoms with Gasteiger partial charge in [-0.3, -0.25) is 0 Å². The van der Waals surface area contributed by atoms with Crippen molar-refractivity contribution in [1.82, 2.24) is 0 Å². The second kappa shape index (κ2) is 3.42. The van der Waals surface area contributed by atoms with E-state index in [0.717, 1.165) is 4.47 Å². The first-order chi connectivity index (χ1) is 5.47. The van der Waals surface area contributed by atoms with Crippen molar-refractivity contribution in [3.63, 3.8) is 0 Å². The van der Waals surface area contributed by atoms with Crippen molar-refractivity contribution in [3.05, 3.63) is 28.7 Å². The van der Waals surface area contributed by atoms with E-state index in [1.807, 2.05) is 0 Å². The maximum atomic E-state index is 10.4. The summed E-state index contributed by atoms with van der Waals surface area (Å²) in [5.74, 6) is 0.195. The summed E-state index contributed by atoms with van der Waals surface area (Å²) in [5.41, 5.74) is 0. The van der Waals surface area contributed by atoms with Crippen LogP contribution in [0.4, 0.5) is 0 Å². The SMILES string of the molecule is NS(=O)(=O)Oc1ccc(Br)cc1. The lowest BCUT2D eigenvalue weighted by Gasteiger charge is -2.00. The lowest BCUT2D eigenvalue weighted by molar-refractivity contribution is 0.487. The Bertz CT molecular complexity index is 359. The van der Waals surface area contributed by atoms with Gasteiger partial charge in [0.25, 0.3) is 0 Å². The normalized spacial score (nSPS) is 11.2. The van der Waals surface area contributed by atoms with Crippen LogP contribution in [0.1, 0.15) is 0 Å². The van der Waals surface area contributed by atoms with Gasteiger partial charge in [0.1, 0.15) is 5.75 Å². The Morgan fingerprint density at radius 3 is 2.17 bits per heavy atom. The fraction of sp³-hybridized carbons (Fsp3) is 0. The zero-order chi connectivity index (χ0) is 9.19. The van der Waals surface area contributed by atoms with Crippen LogP contribution in [0.2, 0.25) is 0 Å². The number of halogens is 1. The van der Waals surface area contributed by atoms with Crippen molar-refractivity contribution in [2.75, 3.05) is 0 Å². The Hall–Kier alpha value is -0.590. The molecule has 0 amide bonds. The van der Waals surface area contributed by atoms with Crippen molar-refractivity contribution in [2.24, 2.45) is 5.14 Å². The third-order valence-electron chi connectivity index (χ3n) is 1.03. The van der Waals surface area contributed by atoms with Gasteiger partial charge in [-0.25, -0.2) is 0 Å². The Labute approximate surface area is 78.7 Å². The molecule has 0 aliphatic heterocycles. The van der Waals surface area contributed by atoms with E-state index in [0.29, 0.717) is 0 Å². The van der Waals surface area contributed by atoms with E-state index in [1.54, 1.807) is 12.1 Å². The molecule has 0 aliphatic carbocycles. The van der Waals surface area contributed by atoms with E-state index in [4.69, 9.17) is 0 Å². The first-order valence-electron chi connectivity index (χ1n) is 2.95. The Balaban J connectivity index is 2.85. The summed E-state index contributed by atoms with van der Waals surface area (Å²) in [4.78, 5) is 0. The molecule has 0 saturated carbocycles. The van der Waals surface area contributed by atoms with Crippen LogP contribution in [0.5, 0.6) is 5.75 Å². The van der Waals surface area contributed by atoms with Crippen LogP contribution >= 0.6 is 15.9 Å². The van der Waals surface area contributed by atoms with Crippen LogP contribution in [0.3, 0.4) is 0 Å². The summed E-state index contributed by atoms with van der Waals surface area (Å²) in [5, 5.41) is 4.64. The van der Waals surface area contributed by atoms with Gasteiger partial charge >= 0.3 is 10.3 Å². The predicted octanol–water partition coefficient (Wildman–Crippen LogP) is 1.03. The first kappa shape index (κ1) is 9.50. The summed E-state index contributed by atoms with van der Waals surface area (Å²) >= 11 is 3.19. The van der Waals surface area contributed by atoms with Crippen LogP contribution in [0.15, 0.2) is 28.7 Å². The van der Waals surface area contributed by atoms with E-state index in [-0.39, 0.29) is 5.75 Å². The van der Waals surface area contributed by atoms with Gasteiger partial charge in [0.05, 0.1) is 0 Å². The summed E-state index contributed by atoms with van der Waals surface area (Å²) in [6.07, 6.45) is 0. The largest absolute Gasteiger partial charge is 0.380 e. The van der Waals surface area contributed by atoms with E-state index >= 15 is 0 Å². The fourth-order valence-electron chi connectivity index (χ4n) is 0.624. The minimum Gasteiger partial charge on any atom is -0.371 e. The van der Waals surface area contributed by atoms with Crippen LogP contribution in [-0.2, 0) is 10.3 Å². The summed E-state index contributed by atoms with van der Waals surface area (Å²) in [6, 6.07) is 6.30. The van der Waals surface area contributed by atoms with Gasteiger partial charge in [-0.1, -0.05) is 15.9 Å². The van der Waals surface area contributed by atoms with Crippen LogP contribution in [-0.4, -0.2) is 8.42 Å². The average Bonchev–Trinajstić information content (AvgIpc) is 1.91. The highest BCUT2D eigenvalue weighted by Gasteiger charge is 2.03. The molecule has 0 spiro atoms. The van der Waals surface area contributed by atoms with Gasteiger partial charge in [0.15, 0.2) is 0 Å². The van der Waals surface area contributed by atoms with Crippen molar-refractivity contribution < 1.29 is 12.6 Å². The van der Waals surface area contributed by atoms with Gasteiger partial charge in [-0.05, 0) is 24.3 Å². The maximum absolute atomic E-state index is 10.4. The molecule has 0 atom stereocenters. The Kier molecular flexibility index (Phi) is 2.71. The number of hydrogen-bond acceptors (Lipinski definition) is 3. The molecule has 0 heterocycles.